The Morgan fingerprint density at radius 1 is 1.37 bits per heavy atom. The highest BCUT2D eigenvalue weighted by Gasteiger charge is 2.19. The number of amides is 1. The number of hydrogen-bond donors (Lipinski definition) is 2. The standard InChI is InChI=1S/C14H17ClN2OS/c1-9-11(15)7-4-8-12(9)17-13(18)14(19)16-10-5-2-3-6-10/h4,7-8,10H,2-3,5-6H2,1H3,(H,16,19)(H,17,18). The maximum Gasteiger partial charge on any atom is 0.283 e. The van der Waals surface area contributed by atoms with Gasteiger partial charge < -0.3 is 10.6 Å². The fourth-order valence-electron chi connectivity index (χ4n) is 2.24. The van der Waals surface area contributed by atoms with E-state index in [-0.39, 0.29) is 10.9 Å². The first kappa shape index (κ1) is 14.3. The fraction of sp³-hybridized carbons (Fsp3) is 0.429. The average Bonchev–Trinajstić information content (AvgIpc) is 2.87. The Kier molecular flexibility index (Phi) is 4.77. The van der Waals surface area contributed by atoms with Crippen LogP contribution in [0.2, 0.25) is 5.02 Å². The molecule has 0 aromatic heterocycles. The summed E-state index contributed by atoms with van der Waals surface area (Å²) < 4.78 is 0. The van der Waals surface area contributed by atoms with E-state index in [1.54, 1.807) is 12.1 Å². The molecule has 5 heteroatoms. The number of rotatable bonds is 2. The molecular weight excluding hydrogens is 280 g/mol. The second kappa shape index (κ2) is 6.35. The molecule has 1 fully saturated rings. The summed E-state index contributed by atoms with van der Waals surface area (Å²) in [5, 5.41) is 6.55. The van der Waals surface area contributed by atoms with Crippen molar-refractivity contribution in [2.45, 2.75) is 38.6 Å². The second-order valence-corrected chi connectivity index (χ2v) is 5.64. The zero-order chi connectivity index (χ0) is 13.8. The summed E-state index contributed by atoms with van der Waals surface area (Å²) in [6.45, 7) is 1.87. The van der Waals surface area contributed by atoms with Crippen LogP contribution < -0.4 is 10.6 Å². The lowest BCUT2D eigenvalue weighted by Gasteiger charge is -2.15. The van der Waals surface area contributed by atoms with Gasteiger partial charge in [0.1, 0.15) is 0 Å². The van der Waals surface area contributed by atoms with Crippen molar-refractivity contribution >= 4 is 40.4 Å². The topological polar surface area (TPSA) is 41.1 Å². The van der Waals surface area contributed by atoms with Crippen LogP contribution in [0.15, 0.2) is 18.2 Å². The van der Waals surface area contributed by atoms with Crippen LogP contribution in [-0.4, -0.2) is 16.9 Å². The van der Waals surface area contributed by atoms with Crippen LogP contribution in [0, 0.1) is 6.92 Å². The summed E-state index contributed by atoms with van der Waals surface area (Å²) in [6.07, 6.45) is 4.58. The summed E-state index contributed by atoms with van der Waals surface area (Å²) in [7, 11) is 0. The number of thiocarbonyl (C=S) groups is 1. The minimum Gasteiger partial charge on any atom is -0.369 e. The molecule has 102 valence electrons. The van der Waals surface area contributed by atoms with Gasteiger partial charge in [0.25, 0.3) is 5.91 Å². The van der Waals surface area contributed by atoms with Gasteiger partial charge in [-0.05, 0) is 37.5 Å². The van der Waals surface area contributed by atoms with E-state index in [9.17, 15) is 4.79 Å². The molecule has 1 aromatic carbocycles. The predicted molar refractivity (Wildman–Crippen MR) is 82.8 cm³/mol. The molecular formula is C14H17ClN2OS. The Balaban J connectivity index is 1.96. The molecule has 3 nitrogen and oxygen atoms in total. The minimum absolute atomic E-state index is 0.256. The van der Waals surface area contributed by atoms with Crippen molar-refractivity contribution in [1.82, 2.24) is 5.32 Å². The summed E-state index contributed by atoms with van der Waals surface area (Å²) in [5.74, 6) is -0.271. The molecule has 0 unspecified atom stereocenters. The van der Waals surface area contributed by atoms with Gasteiger partial charge in [0, 0.05) is 16.8 Å². The highest BCUT2D eigenvalue weighted by Crippen LogP contribution is 2.23. The van der Waals surface area contributed by atoms with Crippen LogP contribution in [0.3, 0.4) is 0 Å². The Bertz CT molecular complexity index is 498. The van der Waals surface area contributed by atoms with Gasteiger partial charge in [-0.2, -0.15) is 0 Å². The normalized spacial score (nSPS) is 15.3. The number of halogens is 1. The Hall–Kier alpha value is -1.13. The molecule has 0 radical (unpaired) electrons. The molecule has 1 saturated carbocycles. The molecule has 0 heterocycles. The maximum atomic E-state index is 12.0. The third-order valence-corrected chi connectivity index (χ3v) is 4.13. The van der Waals surface area contributed by atoms with E-state index in [1.165, 1.54) is 12.8 Å². The Morgan fingerprint density at radius 2 is 2.05 bits per heavy atom. The molecule has 1 aliphatic carbocycles. The first-order chi connectivity index (χ1) is 9.08. The monoisotopic (exact) mass is 296 g/mol. The van der Waals surface area contributed by atoms with Crippen molar-refractivity contribution in [3.05, 3.63) is 28.8 Å². The van der Waals surface area contributed by atoms with Gasteiger partial charge in [-0.3, -0.25) is 4.79 Å². The molecule has 0 atom stereocenters. The average molecular weight is 297 g/mol. The molecule has 0 spiro atoms. The lowest BCUT2D eigenvalue weighted by atomic mass is 10.2. The molecule has 19 heavy (non-hydrogen) atoms. The highest BCUT2D eigenvalue weighted by molar-refractivity contribution is 7.82. The van der Waals surface area contributed by atoms with Crippen molar-refractivity contribution in [2.24, 2.45) is 0 Å². The first-order valence-corrected chi connectivity index (χ1v) is 7.23. The second-order valence-electron chi connectivity index (χ2n) is 4.82. The highest BCUT2D eigenvalue weighted by atomic mass is 35.5. The van der Waals surface area contributed by atoms with Crippen LogP contribution in [-0.2, 0) is 4.79 Å². The molecule has 1 aliphatic rings. The van der Waals surface area contributed by atoms with E-state index in [2.05, 4.69) is 10.6 Å². The number of benzene rings is 1. The van der Waals surface area contributed by atoms with Gasteiger partial charge in [0.15, 0.2) is 4.99 Å². The van der Waals surface area contributed by atoms with Crippen molar-refractivity contribution in [3.63, 3.8) is 0 Å². The molecule has 0 saturated heterocycles. The van der Waals surface area contributed by atoms with E-state index in [0.29, 0.717) is 16.8 Å². The van der Waals surface area contributed by atoms with Crippen molar-refractivity contribution in [3.8, 4) is 0 Å². The number of hydrogen-bond acceptors (Lipinski definition) is 2. The van der Waals surface area contributed by atoms with Gasteiger partial charge in [-0.25, -0.2) is 0 Å². The SMILES string of the molecule is Cc1c(Cl)cccc1NC(=O)C(=S)NC1CCCC1. The van der Waals surface area contributed by atoms with Crippen LogP contribution in [0.5, 0.6) is 0 Å². The van der Waals surface area contributed by atoms with Gasteiger partial charge in [0.2, 0.25) is 0 Å². The van der Waals surface area contributed by atoms with Gasteiger partial charge in [-0.15, -0.1) is 0 Å². The summed E-state index contributed by atoms with van der Waals surface area (Å²) in [4.78, 5) is 12.3. The van der Waals surface area contributed by atoms with Gasteiger partial charge >= 0.3 is 0 Å². The summed E-state index contributed by atoms with van der Waals surface area (Å²) in [6, 6.07) is 5.76. The van der Waals surface area contributed by atoms with E-state index in [1.807, 2.05) is 13.0 Å². The zero-order valence-electron chi connectivity index (χ0n) is 10.8. The lowest BCUT2D eigenvalue weighted by Crippen LogP contribution is -2.39. The van der Waals surface area contributed by atoms with E-state index < -0.39 is 0 Å². The van der Waals surface area contributed by atoms with Crippen LogP contribution in [0.4, 0.5) is 5.69 Å². The van der Waals surface area contributed by atoms with Crippen LogP contribution >= 0.6 is 23.8 Å². The Morgan fingerprint density at radius 3 is 2.74 bits per heavy atom. The van der Waals surface area contributed by atoms with Crippen molar-refractivity contribution in [1.29, 1.82) is 0 Å². The number of anilines is 1. The predicted octanol–water partition coefficient (Wildman–Crippen LogP) is 3.45. The maximum absolute atomic E-state index is 12.0. The van der Waals surface area contributed by atoms with Gasteiger partial charge in [0.05, 0.1) is 0 Å². The van der Waals surface area contributed by atoms with Crippen molar-refractivity contribution < 1.29 is 4.79 Å². The quantitative estimate of drug-likeness (QED) is 0.821. The molecule has 2 rings (SSSR count). The molecule has 1 amide bonds. The summed E-state index contributed by atoms with van der Waals surface area (Å²) in [5.41, 5.74) is 1.55. The van der Waals surface area contributed by atoms with Crippen LogP contribution in [0.25, 0.3) is 0 Å². The smallest absolute Gasteiger partial charge is 0.283 e. The van der Waals surface area contributed by atoms with Crippen molar-refractivity contribution in [2.75, 3.05) is 5.32 Å². The Labute approximate surface area is 123 Å². The molecule has 0 aliphatic heterocycles. The number of carbonyl (C=O) groups excluding carboxylic acids is 1. The van der Waals surface area contributed by atoms with E-state index in [4.69, 9.17) is 23.8 Å². The summed E-state index contributed by atoms with van der Waals surface area (Å²) >= 11 is 11.1. The van der Waals surface area contributed by atoms with E-state index >= 15 is 0 Å². The zero-order valence-corrected chi connectivity index (χ0v) is 12.4. The fourth-order valence-corrected chi connectivity index (χ4v) is 2.64. The van der Waals surface area contributed by atoms with Gasteiger partial charge in [-0.1, -0.05) is 42.7 Å². The number of carbonyl (C=O) groups is 1. The van der Waals surface area contributed by atoms with Crippen LogP contribution in [0.1, 0.15) is 31.2 Å². The van der Waals surface area contributed by atoms with E-state index in [0.717, 1.165) is 18.4 Å². The molecule has 0 bridgehead atoms. The minimum atomic E-state index is -0.271. The first-order valence-electron chi connectivity index (χ1n) is 6.45. The third-order valence-electron chi connectivity index (χ3n) is 3.41. The lowest BCUT2D eigenvalue weighted by molar-refractivity contribution is -0.110. The third kappa shape index (κ3) is 3.67. The molecule has 2 N–H and O–H groups in total. The largest absolute Gasteiger partial charge is 0.369 e. The molecule has 1 aromatic rings. The number of nitrogens with one attached hydrogen (secondary N) is 2.